The molecule has 0 aliphatic carbocycles. The summed E-state index contributed by atoms with van der Waals surface area (Å²) in [5.74, 6) is -0.663. The molecule has 0 unspecified atom stereocenters. The Hall–Kier alpha value is -0.710. The summed E-state index contributed by atoms with van der Waals surface area (Å²) in [5, 5.41) is -0.184. The average Bonchev–Trinajstić information content (AvgIpc) is 2.45. The Labute approximate surface area is 88.4 Å². The van der Waals surface area contributed by atoms with E-state index in [9.17, 15) is 9.59 Å². The quantitative estimate of drug-likeness (QED) is 0.476. The summed E-state index contributed by atoms with van der Waals surface area (Å²) in [5.41, 5.74) is 0. The van der Waals surface area contributed by atoms with Gasteiger partial charge in [-0.2, -0.15) is 0 Å². The Morgan fingerprint density at radius 3 is 3.00 bits per heavy atom. The maximum atomic E-state index is 11.6. The number of methoxy groups -OCH3 is 1. The average molecular weight is 216 g/mol. The van der Waals surface area contributed by atoms with Gasteiger partial charge < -0.3 is 9.64 Å². The summed E-state index contributed by atoms with van der Waals surface area (Å²) in [6.45, 7) is 3.80. The molecule has 0 aromatic heterocycles. The van der Waals surface area contributed by atoms with Gasteiger partial charge in [0.25, 0.3) is 0 Å². The first-order valence-corrected chi connectivity index (χ1v) is 5.28. The predicted octanol–water partition coefficient (Wildman–Crippen LogP) is 0.612. The number of β-lactam (4-membered cyclic amide) rings is 1. The van der Waals surface area contributed by atoms with Crippen LogP contribution in [0.1, 0.15) is 21.6 Å². The van der Waals surface area contributed by atoms with Gasteiger partial charge in [-0.25, -0.2) is 4.79 Å². The van der Waals surface area contributed by atoms with Crippen LogP contribution < -0.4 is 0 Å². The van der Waals surface area contributed by atoms with Crippen molar-refractivity contribution >= 4 is 23.6 Å². The highest BCUT2D eigenvalue weighted by atomic mass is 32.2. The molecule has 2 rings (SSSR count). The highest BCUT2D eigenvalue weighted by molar-refractivity contribution is 8.01. The van der Waals surface area contributed by atoms with Gasteiger partial charge in [-0.1, -0.05) is 0 Å². The van der Waals surface area contributed by atoms with Gasteiger partial charge in [0.05, 0.1) is 18.9 Å². The lowest BCUT2D eigenvalue weighted by atomic mass is 9.98. The van der Waals surface area contributed by atoms with Crippen LogP contribution >= 0.6 is 11.8 Å². The van der Waals surface area contributed by atoms with Crippen molar-refractivity contribution < 1.29 is 15.7 Å². The fraction of sp³-hybridized carbons (Fsp3) is 0.778. The van der Waals surface area contributed by atoms with Crippen molar-refractivity contribution in [3.63, 3.8) is 0 Å². The second-order valence-corrected chi connectivity index (χ2v) is 5.72. The number of carbonyl (C=O) groups excluding carboxylic acids is 2. The minimum Gasteiger partial charge on any atom is -0.467 e. The molecule has 2 fully saturated rings. The second-order valence-electron chi connectivity index (χ2n) is 3.95. The molecule has 2 heterocycles. The van der Waals surface area contributed by atoms with E-state index in [1.807, 2.05) is 13.8 Å². The Bertz CT molecular complexity index is 333. The second kappa shape index (κ2) is 2.89. The molecule has 0 aromatic rings. The first kappa shape index (κ1) is 8.59. The summed E-state index contributed by atoms with van der Waals surface area (Å²) >= 11 is 1.50. The lowest BCUT2D eigenvalue weighted by molar-refractivity contribution is -0.159. The normalized spacial score (nSPS) is 39.9. The molecule has 2 aliphatic heterocycles. The van der Waals surface area contributed by atoms with E-state index in [-0.39, 0.29) is 16.0 Å². The van der Waals surface area contributed by atoms with Crippen LogP contribution in [0.3, 0.4) is 0 Å². The monoisotopic (exact) mass is 216 g/mol. The standard InChI is InChI=1S/C9H13NO3S/c1-9(2)7(8(12)13-3)10-5(11)4-6(10)14-9/h6-7H,4H2,1-3H3/t6-,7+/m1/s1/i4D/t4-,6+,7-/m0. The Morgan fingerprint density at radius 1 is 1.79 bits per heavy atom. The zero-order chi connectivity index (χ0) is 11.4. The molecule has 4 nitrogen and oxygen atoms in total. The third-order valence-corrected chi connectivity index (χ3v) is 4.03. The summed E-state index contributed by atoms with van der Waals surface area (Å²) in [4.78, 5) is 24.5. The first-order valence-electron chi connectivity index (χ1n) is 4.98. The van der Waals surface area contributed by atoms with Crippen molar-refractivity contribution in [2.24, 2.45) is 0 Å². The number of amides is 1. The van der Waals surface area contributed by atoms with Gasteiger partial charge >= 0.3 is 5.97 Å². The summed E-state index contributed by atoms with van der Waals surface area (Å²) in [7, 11) is 1.32. The number of rotatable bonds is 1. The lowest BCUT2D eigenvalue weighted by Crippen LogP contribution is -2.57. The number of hydrogen-bond donors (Lipinski definition) is 0. The van der Waals surface area contributed by atoms with Gasteiger partial charge in [0.2, 0.25) is 5.91 Å². The fourth-order valence-electron chi connectivity index (χ4n) is 1.92. The highest BCUT2D eigenvalue weighted by Crippen LogP contribution is 2.50. The SMILES string of the molecule is [2H][C@H]1C(=O)N2[C@@H]1SC(C)(C)[C@@H]2C(=O)OC. The molecule has 5 heteroatoms. The van der Waals surface area contributed by atoms with Crippen molar-refractivity contribution in [3.05, 3.63) is 0 Å². The van der Waals surface area contributed by atoms with E-state index >= 15 is 0 Å². The Balaban J connectivity index is 2.29. The van der Waals surface area contributed by atoms with Crippen LogP contribution in [0.2, 0.25) is 0 Å². The third kappa shape index (κ3) is 1.15. The number of carbonyl (C=O) groups is 2. The predicted molar refractivity (Wildman–Crippen MR) is 52.7 cm³/mol. The van der Waals surface area contributed by atoms with Crippen molar-refractivity contribution in [2.45, 2.75) is 36.4 Å². The molecule has 3 atom stereocenters. The number of hydrogen-bond acceptors (Lipinski definition) is 4. The van der Waals surface area contributed by atoms with E-state index in [4.69, 9.17) is 6.11 Å². The van der Waals surface area contributed by atoms with Crippen LogP contribution in [-0.4, -0.2) is 40.0 Å². The molecule has 0 saturated carbocycles. The molecule has 0 N–H and O–H groups in total. The maximum absolute atomic E-state index is 11.6. The number of ether oxygens (including phenoxy) is 1. The highest BCUT2D eigenvalue weighted by Gasteiger charge is 2.58. The molecular weight excluding hydrogens is 202 g/mol. The zero-order valence-corrected chi connectivity index (χ0v) is 9.13. The summed E-state index contributed by atoms with van der Waals surface area (Å²) < 4.78 is 11.9. The van der Waals surface area contributed by atoms with E-state index in [1.54, 1.807) is 0 Å². The van der Waals surface area contributed by atoms with Gasteiger partial charge in [-0.3, -0.25) is 4.79 Å². The number of fused-ring (bicyclic) bond motifs is 1. The van der Waals surface area contributed by atoms with Crippen LogP contribution in [0.5, 0.6) is 0 Å². The van der Waals surface area contributed by atoms with Crippen molar-refractivity contribution in [1.29, 1.82) is 0 Å². The van der Waals surface area contributed by atoms with Gasteiger partial charge in [-0.15, -0.1) is 11.8 Å². The van der Waals surface area contributed by atoms with Crippen molar-refractivity contribution in [2.75, 3.05) is 7.11 Å². The molecule has 2 aliphatic rings. The molecule has 0 bridgehead atoms. The molecular formula is C9H13NO3S. The lowest BCUT2D eigenvalue weighted by Gasteiger charge is -2.37. The Morgan fingerprint density at radius 2 is 2.43 bits per heavy atom. The van der Waals surface area contributed by atoms with E-state index < -0.39 is 18.4 Å². The number of nitrogens with zero attached hydrogens (tertiary/aromatic N) is 1. The Kier molecular flexibility index (Phi) is 1.77. The van der Waals surface area contributed by atoms with E-state index in [1.165, 1.54) is 23.8 Å². The minimum atomic E-state index is -0.719. The van der Waals surface area contributed by atoms with Gasteiger partial charge in [0.15, 0.2) is 0 Å². The molecule has 0 spiro atoms. The van der Waals surface area contributed by atoms with Crippen LogP contribution in [0.15, 0.2) is 0 Å². The number of thioether (sulfide) groups is 1. The van der Waals surface area contributed by atoms with Crippen molar-refractivity contribution in [3.8, 4) is 0 Å². The largest absolute Gasteiger partial charge is 0.467 e. The van der Waals surface area contributed by atoms with Crippen molar-refractivity contribution in [1.82, 2.24) is 4.90 Å². The molecule has 0 radical (unpaired) electrons. The van der Waals surface area contributed by atoms with Gasteiger partial charge in [-0.05, 0) is 13.8 Å². The van der Waals surface area contributed by atoms with E-state index in [2.05, 4.69) is 0 Å². The number of esters is 1. The molecule has 14 heavy (non-hydrogen) atoms. The van der Waals surface area contributed by atoms with E-state index in [0.717, 1.165) is 0 Å². The smallest absolute Gasteiger partial charge is 0.330 e. The zero-order valence-electron chi connectivity index (χ0n) is 9.31. The minimum absolute atomic E-state index is 0.184. The molecule has 0 aromatic carbocycles. The summed E-state index contributed by atoms with van der Waals surface area (Å²) in [6, 6.07) is -0.549. The van der Waals surface area contributed by atoms with Gasteiger partial charge in [0, 0.05) is 6.12 Å². The maximum Gasteiger partial charge on any atom is 0.330 e. The fourth-order valence-corrected chi connectivity index (χ4v) is 3.40. The summed E-state index contributed by atoms with van der Waals surface area (Å²) in [6.07, 6.45) is -0.719. The van der Waals surface area contributed by atoms with Crippen LogP contribution in [0.25, 0.3) is 0 Å². The van der Waals surface area contributed by atoms with E-state index in [0.29, 0.717) is 0 Å². The van der Waals surface area contributed by atoms with Gasteiger partial charge in [0.1, 0.15) is 6.04 Å². The molecule has 1 amide bonds. The van der Waals surface area contributed by atoms with Crippen LogP contribution in [0, 0.1) is 0 Å². The molecule has 2 saturated heterocycles. The first-order chi connectivity index (χ1) is 6.90. The third-order valence-electron chi connectivity index (χ3n) is 2.60. The van der Waals surface area contributed by atoms with Crippen LogP contribution in [-0.2, 0) is 14.3 Å². The topological polar surface area (TPSA) is 46.6 Å². The van der Waals surface area contributed by atoms with Crippen LogP contribution in [0.4, 0.5) is 0 Å². The molecule has 78 valence electrons.